The summed E-state index contributed by atoms with van der Waals surface area (Å²) in [5.41, 5.74) is 2.43. The third-order valence-corrected chi connectivity index (χ3v) is 3.77. The van der Waals surface area contributed by atoms with Crippen molar-refractivity contribution in [3.8, 4) is 6.07 Å². The van der Waals surface area contributed by atoms with Crippen molar-refractivity contribution in [3.63, 3.8) is 0 Å². The van der Waals surface area contributed by atoms with Crippen LogP contribution in [0.1, 0.15) is 37.0 Å². The third kappa shape index (κ3) is 3.06. The highest BCUT2D eigenvalue weighted by Gasteiger charge is 2.24. The van der Waals surface area contributed by atoms with Gasteiger partial charge in [-0.25, -0.2) is 0 Å². The molecule has 0 bridgehead atoms. The third-order valence-electron chi connectivity index (χ3n) is 3.77. The van der Waals surface area contributed by atoms with Gasteiger partial charge in [-0.3, -0.25) is 0 Å². The molecule has 1 aromatic carbocycles. The minimum Gasteiger partial charge on any atom is -0.396 e. The lowest BCUT2D eigenvalue weighted by Gasteiger charge is -2.23. The first kappa shape index (κ1) is 13.9. The maximum Gasteiger partial charge on any atom is 0.0992 e. The predicted octanol–water partition coefficient (Wildman–Crippen LogP) is 1.82. The summed E-state index contributed by atoms with van der Waals surface area (Å²) in [6, 6.07) is 7.57. The summed E-state index contributed by atoms with van der Waals surface area (Å²) in [4.78, 5) is 2.21. The van der Waals surface area contributed by atoms with Crippen molar-refractivity contribution in [1.29, 1.82) is 5.26 Å². The summed E-state index contributed by atoms with van der Waals surface area (Å²) < 4.78 is 0. The molecule has 1 aliphatic rings. The van der Waals surface area contributed by atoms with Gasteiger partial charge in [0.1, 0.15) is 0 Å². The highest BCUT2D eigenvalue weighted by molar-refractivity contribution is 5.59. The lowest BCUT2D eigenvalue weighted by atomic mass is 10.0. The van der Waals surface area contributed by atoms with E-state index in [1.165, 1.54) is 0 Å². The van der Waals surface area contributed by atoms with E-state index in [1.807, 2.05) is 12.1 Å². The van der Waals surface area contributed by atoms with Gasteiger partial charge in [0.25, 0.3) is 0 Å². The van der Waals surface area contributed by atoms with Crippen LogP contribution in [-0.4, -0.2) is 29.9 Å². The van der Waals surface area contributed by atoms with Gasteiger partial charge in [0.05, 0.1) is 17.7 Å². The lowest BCUT2D eigenvalue weighted by Crippen LogP contribution is -2.22. The fraction of sp³-hybridized carbons (Fsp3) is 0.533. The van der Waals surface area contributed by atoms with Gasteiger partial charge in [-0.15, -0.1) is 0 Å². The van der Waals surface area contributed by atoms with Crippen LogP contribution in [0.3, 0.4) is 0 Å². The Hall–Kier alpha value is -1.57. The lowest BCUT2D eigenvalue weighted by molar-refractivity contribution is 0.199. The molecular formula is C15H20N2O2. The van der Waals surface area contributed by atoms with Crippen LogP contribution in [0.5, 0.6) is 0 Å². The van der Waals surface area contributed by atoms with E-state index >= 15 is 0 Å². The average Bonchev–Trinajstić information content (AvgIpc) is 2.87. The molecule has 0 aliphatic carbocycles. The Kier molecular flexibility index (Phi) is 4.41. The minimum atomic E-state index is -0.542. The van der Waals surface area contributed by atoms with E-state index in [0.717, 1.165) is 37.2 Å². The van der Waals surface area contributed by atoms with Crippen LogP contribution in [-0.2, 0) is 0 Å². The van der Waals surface area contributed by atoms with Crippen LogP contribution in [0.4, 0.5) is 5.69 Å². The zero-order chi connectivity index (χ0) is 13.8. The van der Waals surface area contributed by atoms with Crippen molar-refractivity contribution in [2.75, 3.05) is 24.6 Å². The van der Waals surface area contributed by atoms with Gasteiger partial charge in [0.15, 0.2) is 0 Å². The first-order chi connectivity index (χ1) is 9.15. The van der Waals surface area contributed by atoms with Crippen LogP contribution in [0, 0.1) is 17.2 Å². The van der Waals surface area contributed by atoms with Gasteiger partial charge in [0, 0.05) is 30.9 Å². The molecule has 1 aromatic rings. The Morgan fingerprint density at radius 2 is 2.32 bits per heavy atom. The van der Waals surface area contributed by atoms with Crippen LogP contribution in [0.2, 0.25) is 0 Å². The maximum atomic E-state index is 9.85. The fourth-order valence-corrected chi connectivity index (χ4v) is 2.71. The van der Waals surface area contributed by atoms with Gasteiger partial charge in [-0.2, -0.15) is 5.26 Å². The molecule has 2 atom stereocenters. The summed E-state index contributed by atoms with van der Waals surface area (Å²) in [7, 11) is 0. The summed E-state index contributed by atoms with van der Waals surface area (Å²) in [6.45, 7) is 3.76. The zero-order valence-electron chi connectivity index (χ0n) is 11.2. The average molecular weight is 260 g/mol. The Balaban J connectivity index is 2.25. The quantitative estimate of drug-likeness (QED) is 0.866. The first-order valence-corrected chi connectivity index (χ1v) is 6.73. The van der Waals surface area contributed by atoms with Crippen molar-refractivity contribution < 1.29 is 10.2 Å². The normalized spacial score (nSPS) is 20.3. The molecule has 0 radical (unpaired) electrons. The van der Waals surface area contributed by atoms with Gasteiger partial charge in [-0.05, 0) is 37.8 Å². The molecule has 4 nitrogen and oxygen atoms in total. The van der Waals surface area contributed by atoms with E-state index < -0.39 is 6.10 Å². The highest BCUT2D eigenvalue weighted by atomic mass is 16.3. The van der Waals surface area contributed by atoms with E-state index in [-0.39, 0.29) is 6.61 Å². The zero-order valence-corrected chi connectivity index (χ0v) is 11.2. The molecule has 1 heterocycles. The van der Waals surface area contributed by atoms with E-state index in [9.17, 15) is 5.11 Å². The van der Waals surface area contributed by atoms with Crippen molar-refractivity contribution in [2.24, 2.45) is 5.92 Å². The number of aliphatic hydroxyl groups is 2. The SMILES string of the molecule is C[C@@H](O)c1ccc(C#N)cc1N1CCC(CCO)C1. The standard InChI is InChI=1S/C15H20N2O2/c1-11(19)14-3-2-13(9-16)8-15(14)17-6-4-12(10-17)5-7-18/h2-3,8,11-12,18-19H,4-7,10H2,1H3/t11-,12?/m1/s1. The molecule has 102 valence electrons. The van der Waals surface area contributed by atoms with E-state index in [4.69, 9.17) is 10.4 Å². The molecule has 0 amide bonds. The van der Waals surface area contributed by atoms with Crippen molar-refractivity contribution >= 4 is 5.69 Å². The number of hydrogen-bond acceptors (Lipinski definition) is 4. The Labute approximate surface area is 113 Å². The van der Waals surface area contributed by atoms with E-state index in [0.29, 0.717) is 11.5 Å². The summed E-state index contributed by atoms with van der Waals surface area (Å²) in [5.74, 6) is 0.498. The molecule has 0 aromatic heterocycles. The Bertz CT molecular complexity index is 480. The van der Waals surface area contributed by atoms with Crippen LogP contribution in [0.15, 0.2) is 18.2 Å². The largest absolute Gasteiger partial charge is 0.396 e. The van der Waals surface area contributed by atoms with Crippen LogP contribution in [0.25, 0.3) is 0 Å². The molecule has 1 unspecified atom stereocenters. The van der Waals surface area contributed by atoms with Crippen molar-refractivity contribution in [3.05, 3.63) is 29.3 Å². The monoisotopic (exact) mass is 260 g/mol. The van der Waals surface area contributed by atoms with Gasteiger partial charge >= 0.3 is 0 Å². The molecule has 4 heteroatoms. The summed E-state index contributed by atoms with van der Waals surface area (Å²) in [5, 5.41) is 27.9. The molecule has 0 saturated carbocycles. The van der Waals surface area contributed by atoms with Gasteiger partial charge in [0.2, 0.25) is 0 Å². The summed E-state index contributed by atoms with van der Waals surface area (Å²) >= 11 is 0. The molecular weight excluding hydrogens is 240 g/mol. The Morgan fingerprint density at radius 1 is 1.53 bits per heavy atom. The molecule has 1 fully saturated rings. The molecule has 19 heavy (non-hydrogen) atoms. The highest BCUT2D eigenvalue weighted by Crippen LogP contribution is 2.32. The predicted molar refractivity (Wildman–Crippen MR) is 73.8 cm³/mol. The second kappa shape index (κ2) is 6.05. The number of nitrogens with zero attached hydrogens (tertiary/aromatic N) is 2. The van der Waals surface area contributed by atoms with Crippen LogP contribution < -0.4 is 4.90 Å². The molecule has 0 spiro atoms. The number of aliphatic hydroxyl groups excluding tert-OH is 2. The summed E-state index contributed by atoms with van der Waals surface area (Å²) in [6.07, 6.45) is 1.33. The maximum absolute atomic E-state index is 9.85. The molecule has 2 rings (SSSR count). The topological polar surface area (TPSA) is 67.5 Å². The van der Waals surface area contributed by atoms with Crippen LogP contribution >= 0.6 is 0 Å². The Morgan fingerprint density at radius 3 is 2.95 bits per heavy atom. The molecule has 1 saturated heterocycles. The number of rotatable bonds is 4. The number of nitriles is 1. The van der Waals surface area contributed by atoms with E-state index in [2.05, 4.69) is 11.0 Å². The van der Waals surface area contributed by atoms with E-state index in [1.54, 1.807) is 13.0 Å². The van der Waals surface area contributed by atoms with Crippen molar-refractivity contribution in [1.82, 2.24) is 0 Å². The van der Waals surface area contributed by atoms with Crippen molar-refractivity contribution in [2.45, 2.75) is 25.9 Å². The number of hydrogen-bond donors (Lipinski definition) is 2. The molecule has 1 aliphatic heterocycles. The first-order valence-electron chi connectivity index (χ1n) is 6.73. The second-order valence-corrected chi connectivity index (χ2v) is 5.17. The smallest absolute Gasteiger partial charge is 0.0992 e. The molecule has 2 N–H and O–H groups in total. The minimum absolute atomic E-state index is 0.222. The second-order valence-electron chi connectivity index (χ2n) is 5.17. The van der Waals surface area contributed by atoms with Gasteiger partial charge < -0.3 is 15.1 Å². The fourth-order valence-electron chi connectivity index (χ4n) is 2.71. The number of benzene rings is 1. The van der Waals surface area contributed by atoms with Gasteiger partial charge in [-0.1, -0.05) is 6.07 Å². The number of anilines is 1.